The van der Waals surface area contributed by atoms with Crippen molar-refractivity contribution in [2.75, 3.05) is 20.1 Å². The van der Waals surface area contributed by atoms with E-state index in [9.17, 15) is 0 Å². The molecule has 0 radical (unpaired) electrons. The number of halogens is 1. The molecule has 0 unspecified atom stereocenters. The molecule has 0 aromatic heterocycles. The molecule has 0 aliphatic carbocycles. The Kier molecular flexibility index (Phi) is 8.11. The average Bonchev–Trinajstić information content (AvgIpc) is 2.36. The molecule has 0 aliphatic heterocycles. The number of hydrogen-bond acceptors (Lipinski definition) is 2. The van der Waals surface area contributed by atoms with Gasteiger partial charge in [-0.2, -0.15) is 0 Å². The van der Waals surface area contributed by atoms with Crippen LogP contribution in [0.1, 0.15) is 38.7 Å². The van der Waals surface area contributed by atoms with Gasteiger partial charge in [0.15, 0.2) is 0 Å². The predicted molar refractivity (Wildman–Crippen MR) is 84.8 cm³/mol. The summed E-state index contributed by atoms with van der Waals surface area (Å²) in [5, 5.41) is 4.32. The van der Waals surface area contributed by atoms with Gasteiger partial charge < -0.3 is 10.2 Å². The summed E-state index contributed by atoms with van der Waals surface area (Å²) < 4.78 is 0. The highest BCUT2D eigenvalue weighted by atomic mass is 35.5. The second kappa shape index (κ2) is 9.35. The van der Waals surface area contributed by atoms with Gasteiger partial charge in [-0.15, -0.1) is 0 Å². The molecule has 0 bridgehead atoms. The van der Waals surface area contributed by atoms with Gasteiger partial charge in [-0.25, -0.2) is 0 Å². The summed E-state index contributed by atoms with van der Waals surface area (Å²) in [7, 11) is 2.16. The Morgan fingerprint density at radius 2 is 1.89 bits per heavy atom. The van der Waals surface area contributed by atoms with Crippen LogP contribution in [0.4, 0.5) is 0 Å². The molecule has 19 heavy (non-hydrogen) atoms. The summed E-state index contributed by atoms with van der Waals surface area (Å²) in [4.78, 5) is 2.34. The summed E-state index contributed by atoms with van der Waals surface area (Å²) >= 11 is 6.17. The lowest BCUT2D eigenvalue weighted by Gasteiger charge is -2.17. The van der Waals surface area contributed by atoms with Crippen molar-refractivity contribution < 1.29 is 0 Å². The van der Waals surface area contributed by atoms with Crippen LogP contribution >= 0.6 is 11.6 Å². The molecule has 3 heteroatoms. The van der Waals surface area contributed by atoms with Crippen molar-refractivity contribution in [2.24, 2.45) is 0 Å². The molecule has 1 rings (SSSR count). The molecule has 108 valence electrons. The van der Waals surface area contributed by atoms with E-state index in [0.717, 1.165) is 24.7 Å². The first-order valence-corrected chi connectivity index (χ1v) is 7.62. The number of benzene rings is 1. The predicted octanol–water partition coefficient (Wildman–Crippen LogP) is 3.94. The van der Waals surface area contributed by atoms with Crippen LogP contribution in [0.2, 0.25) is 5.02 Å². The van der Waals surface area contributed by atoms with E-state index in [1.165, 1.54) is 24.8 Å². The standard InChI is InChI=1S/C16H27ClN2/c1-14(2)18-11-7-4-8-12-19(3)13-15-9-5-6-10-16(15)17/h5-6,9-10,14,18H,4,7-8,11-13H2,1-3H3. The Bertz CT molecular complexity index is 352. The van der Waals surface area contributed by atoms with Crippen LogP contribution in [0.3, 0.4) is 0 Å². The summed E-state index contributed by atoms with van der Waals surface area (Å²) in [6.45, 7) is 7.58. The number of rotatable bonds is 9. The van der Waals surface area contributed by atoms with Crippen molar-refractivity contribution >= 4 is 11.6 Å². The first kappa shape index (κ1) is 16.5. The third-order valence-electron chi connectivity index (χ3n) is 3.17. The lowest BCUT2D eigenvalue weighted by Crippen LogP contribution is -2.24. The van der Waals surface area contributed by atoms with Gasteiger partial charge in [-0.05, 0) is 44.6 Å². The quantitative estimate of drug-likeness (QED) is 0.690. The van der Waals surface area contributed by atoms with E-state index in [1.54, 1.807) is 0 Å². The second-order valence-corrected chi connectivity index (χ2v) is 5.91. The first-order chi connectivity index (χ1) is 9.09. The highest BCUT2D eigenvalue weighted by Crippen LogP contribution is 2.16. The fourth-order valence-electron chi connectivity index (χ4n) is 2.07. The van der Waals surface area contributed by atoms with Crippen LogP contribution in [-0.2, 0) is 6.54 Å². The topological polar surface area (TPSA) is 15.3 Å². The maximum absolute atomic E-state index is 6.17. The Hall–Kier alpha value is -0.570. The molecule has 1 N–H and O–H groups in total. The number of nitrogens with one attached hydrogen (secondary N) is 1. The smallest absolute Gasteiger partial charge is 0.0451 e. The van der Waals surface area contributed by atoms with E-state index in [0.29, 0.717) is 6.04 Å². The highest BCUT2D eigenvalue weighted by molar-refractivity contribution is 6.31. The average molecular weight is 283 g/mol. The molecule has 1 aromatic carbocycles. The minimum Gasteiger partial charge on any atom is -0.315 e. The number of unbranched alkanes of at least 4 members (excludes halogenated alkanes) is 2. The van der Waals surface area contributed by atoms with E-state index in [4.69, 9.17) is 11.6 Å². The SMILES string of the molecule is CC(C)NCCCCCN(C)Cc1ccccc1Cl. The van der Waals surface area contributed by atoms with E-state index in [2.05, 4.69) is 37.2 Å². The van der Waals surface area contributed by atoms with Crippen LogP contribution in [0, 0.1) is 0 Å². The van der Waals surface area contributed by atoms with Crippen molar-refractivity contribution in [3.63, 3.8) is 0 Å². The zero-order chi connectivity index (χ0) is 14.1. The Balaban J connectivity index is 2.11. The van der Waals surface area contributed by atoms with Crippen molar-refractivity contribution in [3.05, 3.63) is 34.9 Å². The third kappa shape index (κ3) is 7.56. The molecule has 1 aromatic rings. The molecule has 0 saturated carbocycles. The molecular formula is C16H27ClN2. The van der Waals surface area contributed by atoms with Gasteiger partial charge in [-0.1, -0.05) is 50.1 Å². The van der Waals surface area contributed by atoms with E-state index >= 15 is 0 Å². The molecule has 0 spiro atoms. The van der Waals surface area contributed by atoms with Gasteiger partial charge in [0.25, 0.3) is 0 Å². The molecule has 0 amide bonds. The summed E-state index contributed by atoms with van der Waals surface area (Å²) in [6.07, 6.45) is 3.80. The molecule has 0 aliphatic rings. The van der Waals surface area contributed by atoms with E-state index in [1.807, 2.05) is 18.2 Å². The van der Waals surface area contributed by atoms with Crippen LogP contribution in [-0.4, -0.2) is 31.1 Å². The van der Waals surface area contributed by atoms with Crippen LogP contribution in [0.25, 0.3) is 0 Å². The van der Waals surface area contributed by atoms with Gasteiger partial charge in [0, 0.05) is 17.6 Å². The van der Waals surface area contributed by atoms with Crippen LogP contribution in [0.15, 0.2) is 24.3 Å². The summed E-state index contributed by atoms with van der Waals surface area (Å²) in [6, 6.07) is 8.69. The Labute approximate surface area is 123 Å². The lowest BCUT2D eigenvalue weighted by molar-refractivity contribution is 0.316. The fourth-order valence-corrected chi connectivity index (χ4v) is 2.27. The van der Waals surface area contributed by atoms with E-state index < -0.39 is 0 Å². The van der Waals surface area contributed by atoms with Crippen LogP contribution < -0.4 is 5.32 Å². The molecule has 2 nitrogen and oxygen atoms in total. The molecule has 0 saturated heterocycles. The number of nitrogens with zero attached hydrogens (tertiary/aromatic N) is 1. The summed E-state index contributed by atoms with van der Waals surface area (Å²) in [5.74, 6) is 0. The van der Waals surface area contributed by atoms with Gasteiger partial charge in [0.2, 0.25) is 0 Å². The lowest BCUT2D eigenvalue weighted by atomic mass is 10.2. The number of hydrogen-bond donors (Lipinski definition) is 1. The zero-order valence-corrected chi connectivity index (χ0v) is 13.2. The monoisotopic (exact) mass is 282 g/mol. The summed E-state index contributed by atoms with van der Waals surface area (Å²) in [5.41, 5.74) is 1.22. The maximum atomic E-state index is 6.17. The van der Waals surface area contributed by atoms with E-state index in [-0.39, 0.29) is 0 Å². The van der Waals surface area contributed by atoms with Gasteiger partial charge in [0.1, 0.15) is 0 Å². The highest BCUT2D eigenvalue weighted by Gasteiger charge is 2.03. The van der Waals surface area contributed by atoms with Gasteiger partial charge in [-0.3, -0.25) is 0 Å². The second-order valence-electron chi connectivity index (χ2n) is 5.50. The molecule has 0 atom stereocenters. The van der Waals surface area contributed by atoms with Gasteiger partial charge in [0.05, 0.1) is 0 Å². The van der Waals surface area contributed by atoms with Crippen molar-refractivity contribution in [2.45, 2.75) is 45.7 Å². The molecular weight excluding hydrogens is 256 g/mol. The van der Waals surface area contributed by atoms with Crippen molar-refractivity contribution in [1.29, 1.82) is 0 Å². The van der Waals surface area contributed by atoms with Gasteiger partial charge >= 0.3 is 0 Å². The van der Waals surface area contributed by atoms with Crippen molar-refractivity contribution in [1.82, 2.24) is 10.2 Å². The molecule has 0 heterocycles. The van der Waals surface area contributed by atoms with Crippen molar-refractivity contribution in [3.8, 4) is 0 Å². The minimum atomic E-state index is 0.600. The Morgan fingerprint density at radius 1 is 1.16 bits per heavy atom. The molecule has 0 fully saturated rings. The fraction of sp³-hybridized carbons (Fsp3) is 0.625. The Morgan fingerprint density at radius 3 is 2.58 bits per heavy atom. The van der Waals surface area contributed by atoms with Crippen LogP contribution in [0.5, 0.6) is 0 Å². The normalized spacial score (nSPS) is 11.5. The third-order valence-corrected chi connectivity index (χ3v) is 3.54. The first-order valence-electron chi connectivity index (χ1n) is 7.25. The maximum Gasteiger partial charge on any atom is 0.0451 e. The largest absolute Gasteiger partial charge is 0.315 e. The zero-order valence-electron chi connectivity index (χ0n) is 12.5. The minimum absolute atomic E-state index is 0.600.